The molecule has 0 aromatic carbocycles. The van der Waals surface area contributed by atoms with Crippen LogP contribution in [-0.2, 0) is 0 Å². The fourth-order valence-electron chi connectivity index (χ4n) is 1.20. The van der Waals surface area contributed by atoms with Gasteiger partial charge in [0.25, 0.3) is 5.56 Å². The third-order valence-electron chi connectivity index (χ3n) is 1.92. The van der Waals surface area contributed by atoms with Crippen molar-refractivity contribution in [2.45, 2.75) is 0 Å². The predicted molar refractivity (Wildman–Crippen MR) is 58.0 cm³/mol. The van der Waals surface area contributed by atoms with Gasteiger partial charge in [0.2, 0.25) is 5.69 Å². The Kier molecular flexibility index (Phi) is 2.42. The molecule has 0 saturated carbocycles. The van der Waals surface area contributed by atoms with Gasteiger partial charge < -0.3 is 10.7 Å². The van der Waals surface area contributed by atoms with Crippen LogP contribution in [0.4, 0.5) is 11.5 Å². The van der Waals surface area contributed by atoms with Crippen molar-refractivity contribution in [3.05, 3.63) is 39.7 Å². The molecule has 0 amide bonds. The smallest absolute Gasteiger partial charge is 0.282 e. The van der Waals surface area contributed by atoms with Crippen LogP contribution in [0.3, 0.4) is 0 Å². The Morgan fingerprint density at radius 1 is 1.38 bits per heavy atom. The first-order valence-corrected chi connectivity index (χ1v) is 4.37. The van der Waals surface area contributed by atoms with Crippen molar-refractivity contribution in [3.8, 4) is 11.5 Å². The van der Waals surface area contributed by atoms with Crippen LogP contribution in [0.25, 0.3) is 11.5 Å². The summed E-state index contributed by atoms with van der Waals surface area (Å²) >= 11 is 0. The topological polar surface area (TPSA) is 114 Å². The molecular weight excluding hydrogens is 210 g/mol. The van der Waals surface area contributed by atoms with E-state index in [1.807, 2.05) is 0 Å². The summed E-state index contributed by atoms with van der Waals surface area (Å²) in [5.74, 6) is -0.00472. The number of nitrogens with two attached hydrogens (primary N) is 1. The molecule has 0 radical (unpaired) electrons. The highest BCUT2D eigenvalue weighted by Crippen LogP contribution is 2.16. The van der Waals surface area contributed by atoms with Gasteiger partial charge in [0.15, 0.2) is 11.6 Å². The molecule has 0 fully saturated rings. The lowest BCUT2D eigenvalue weighted by Gasteiger charge is -2.01. The van der Waals surface area contributed by atoms with Crippen molar-refractivity contribution in [2.24, 2.45) is 5.18 Å². The number of nitrogens with zero attached hydrogens (tertiary/aromatic N) is 3. The Morgan fingerprint density at radius 3 is 2.75 bits per heavy atom. The molecule has 2 rings (SSSR count). The second kappa shape index (κ2) is 3.89. The van der Waals surface area contributed by atoms with E-state index >= 15 is 0 Å². The molecule has 2 heterocycles. The molecule has 2 aromatic rings. The molecular formula is C9H7N5O2. The minimum atomic E-state index is -0.678. The van der Waals surface area contributed by atoms with Crippen molar-refractivity contribution in [1.82, 2.24) is 15.0 Å². The number of nitrogen functional groups attached to an aromatic ring is 1. The molecule has 0 spiro atoms. The highest BCUT2D eigenvalue weighted by Gasteiger charge is 2.10. The van der Waals surface area contributed by atoms with Crippen LogP contribution in [0.2, 0.25) is 0 Å². The van der Waals surface area contributed by atoms with Crippen LogP contribution < -0.4 is 11.3 Å². The van der Waals surface area contributed by atoms with Gasteiger partial charge in [-0.3, -0.25) is 9.78 Å². The number of nitrogens with one attached hydrogen (secondary N) is 1. The first-order valence-electron chi connectivity index (χ1n) is 4.37. The Bertz CT molecular complexity index is 578. The van der Waals surface area contributed by atoms with Crippen LogP contribution in [-0.4, -0.2) is 15.0 Å². The number of rotatable bonds is 2. The summed E-state index contributed by atoms with van der Waals surface area (Å²) in [6.45, 7) is 0. The number of hydrogen-bond acceptors (Lipinski definition) is 6. The first kappa shape index (κ1) is 9.97. The van der Waals surface area contributed by atoms with E-state index in [-0.39, 0.29) is 11.6 Å². The average Bonchev–Trinajstić information content (AvgIpc) is 2.30. The van der Waals surface area contributed by atoms with Gasteiger partial charge in [-0.25, -0.2) is 4.98 Å². The van der Waals surface area contributed by atoms with E-state index in [0.29, 0.717) is 5.69 Å². The molecule has 0 aliphatic rings. The zero-order chi connectivity index (χ0) is 11.5. The van der Waals surface area contributed by atoms with Crippen LogP contribution in [0.5, 0.6) is 0 Å². The van der Waals surface area contributed by atoms with Gasteiger partial charge in [-0.05, 0) is 17.3 Å². The zero-order valence-corrected chi connectivity index (χ0v) is 8.04. The maximum atomic E-state index is 11.4. The number of aromatic nitrogens is 3. The molecule has 7 heteroatoms. The SMILES string of the molecule is Nc1nc(-c2ccccn2)[nH]c(=O)c1N=O. The van der Waals surface area contributed by atoms with Crippen molar-refractivity contribution in [2.75, 3.05) is 5.73 Å². The van der Waals surface area contributed by atoms with E-state index in [2.05, 4.69) is 20.1 Å². The van der Waals surface area contributed by atoms with Crippen molar-refractivity contribution >= 4 is 11.5 Å². The van der Waals surface area contributed by atoms with Gasteiger partial charge in [0, 0.05) is 6.20 Å². The monoisotopic (exact) mass is 217 g/mol. The summed E-state index contributed by atoms with van der Waals surface area (Å²) in [6, 6.07) is 5.13. The molecule has 0 bridgehead atoms. The molecule has 0 aliphatic heterocycles. The van der Waals surface area contributed by atoms with Gasteiger partial charge in [0.1, 0.15) is 5.69 Å². The zero-order valence-electron chi connectivity index (χ0n) is 8.04. The number of H-pyrrole nitrogens is 1. The summed E-state index contributed by atoms with van der Waals surface area (Å²) in [5.41, 5.74) is 4.78. The number of aromatic amines is 1. The number of pyridine rings is 1. The summed E-state index contributed by atoms with van der Waals surface area (Å²) in [6.07, 6.45) is 1.55. The predicted octanol–water partition coefficient (Wildman–Crippen LogP) is 0.812. The molecule has 7 nitrogen and oxygen atoms in total. The second-order valence-corrected chi connectivity index (χ2v) is 2.95. The molecule has 2 aromatic heterocycles. The Hall–Kier alpha value is -2.57. The van der Waals surface area contributed by atoms with E-state index in [9.17, 15) is 9.70 Å². The summed E-state index contributed by atoms with van der Waals surface area (Å²) in [7, 11) is 0. The number of hydrogen-bond donors (Lipinski definition) is 2. The van der Waals surface area contributed by atoms with Gasteiger partial charge in [-0.1, -0.05) is 6.07 Å². The van der Waals surface area contributed by atoms with Crippen molar-refractivity contribution < 1.29 is 0 Å². The summed E-state index contributed by atoms with van der Waals surface area (Å²) < 4.78 is 0. The van der Waals surface area contributed by atoms with E-state index in [0.717, 1.165) is 0 Å². The molecule has 3 N–H and O–H groups in total. The van der Waals surface area contributed by atoms with E-state index in [1.54, 1.807) is 24.4 Å². The third-order valence-corrected chi connectivity index (χ3v) is 1.92. The van der Waals surface area contributed by atoms with Gasteiger partial charge >= 0.3 is 0 Å². The van der Waals surface area contributed by atoms with Crippen LogP contribution >= 0.6 is 0 Å². The molecule has 16 heavy (non-hydrogen) atoms. The van der Waals surface area contributed by atoms with E-state index < -0.39 is 11.2 Å². The number of anilines is 1. The fourth-order valence-corrected chi connectivity index (χ4v) is 1.20. The van der Waals surface area contributed by atoms with Gasteiger partial charge in [-0.15, -0.1) is 4.91 Å². The fraction of sp³-hybridized carbons (Fsp3) is 0. The minimum Gasteiger partial charge on any atom is -0.382 e. The van der Waals surface area contributed by atoms with E-state index in [1.165, 1.54) is 0 Å². The quantitative estimate of drug-likeness (QED) is 0.722. The normalized spacial score (nSPS) is 10.0. The standard InChI is InChI=1S/C9H7N5O2/c10-7-6(14-16)9(15)13-8(12-7)5-3-1-2-4-11-5/h1-4H,(H3,10,12,13,15). The first-order chi connectivity index (χ1) is 7.72. The third kappa shape index (κ3) is 1.65. The molecule has 0 unspecified atom stereocenters. The molecule has 0 atom stereocenters. The second-order valence-electron chi connectivity index (χ2n) is 2.95. The highest BCUT2D eigenvalue weighted by molar-refractivity contribution is 5.60. The van der Waals surface area contributed by atoms with Gasteiger partial charge in [0.05, 0.1) is 0 Å². The number of nitroso groups, excluding NO2 is 1. The summed E-state index contributed by atoms with van der Waals surface area (Å²) in [4.78, 5) is 31.9. The maximum Gasteiger partial charge on any atom is 0.282 e. The average molecular weight is 217 g/mol. The Morgan fingerprint density at radius 2 is 2.19 bits per heavy atom. The summed E-state index contributed by atoms with van der Waals surface area (Å²) in [5, 5.41) is 2.50. The Balaban J connectivity index is 2.62. The maximum absolute atomic E-state index is 11.4. The van der Waals surface area contributed by atoms with Gasteiger partial charge in [-0.2, -0.15) is 0 Å². The van der Waals surface area contributed by atoms with Crippen molar-refractivity contribution in [3.63, 3.8) is 0 Å². The molecule has 0 aliphatic carbocycles. The van der Waals surface area contributed by atoms with Crippen LogP contribution in [0, 0.1) is 4.91 Å². The minimum absolute atomic E-state index is 0.204. The molecule has 0 saturated heterocycles. The Labute approximate surface area is 89.3 Å². The largest absolute Gasteiger partial charge is 0.382 e. The lowest BCUT2D eigenvalue weighted by molar-refractivity contribution is 1.10. The highest BCUT2D eigenvalue weighted by atomic mass is 16.3. The van der Waals surface area contributed by atoms with Crippen LogP contribution in [0.1, 0.15) is 0 Å². The van der Waals surface area contributed by atoms with Crippen molar-refractivity contribution in [1.29, 1.82) is 0 Å². The lowest BCUT2D eigenvalue weighted by Crippen LogP contribution is -2.11. The molecule has 80 valence electrons. The van der Waals surface area contributed by atoms with Crippen LogP contribution in [0.15, 0.2) is 34.4 Å². The van der Waals surface area contributed by atoms with E-state index in [4.69, 9.17) is 5.73 Å². The lowest BCUT2D eigenvalue weighted by atomic mass is 10.3.